The maximum absolute atomic E-state index is 12.6. The van der Waals surface area contributed by atoms with Gasteiger partial charge < -0.3 is 18.6 Å². The zero-order chi connectivity index (χ0) is 17.0. The minimum absolute atomic E-state index is 0.0567. The van der Waals surface area contributed by atoms with Gasteiger partial charge in [-0.05, 0) is 39.2 Å². The summed E-state index contributed by atoms with van der Waals surface area (Å²) in [6.07, 6.45) is 0. The van der Waals surface area contributed by atoms with E-state index >= 15 is 0 Å². The summed E-state index contributed by atoms with van der Waals surface area (Å²) < 4.78 is 10.5. The van der Waals surface area contributed by atoms with E-state index in [0.717, 1.165) is 5.76 Å². The van der Waals surface area contributed by atoms with Gasteiger partial charge in [-0.2, -0.15) is 0 Å². The van der Waals surface area contributed by atoms with Crippen LogP contribution >= 0.6 is 0 Å². The van der Waals surface area contributed by atoms with E-state index in [1.165, 1.54) is 12.1 Å². The third-order valence-corrected chi connectivity index (χ3v) is 3.23. The van der Waals surface area contributed by atoms with E-state index in [1.54, 1.807) is 11.0 Å². The number of furan rings is 2. The summed E-state index contributed by atoms with van der Waals surface area (Å²) in [6.45, 7) is 3.19. The second-order valence-corrected chi connectivity index (χ2v) is 5.44. The molecular formula is C15H19N3O5. The van der Waals surface area contributed by atoms with Crippen molar-refractivity contribution in [2.24, 2.45) is 0 Å². The molecule has 23 heavy (non-hydrogen) atoms. The lowest BCUT2D eigenvalue weighted by atomic mass is 10.3. The van der Waals surface area contributed by atoms with Gasteiger partial charge in [-0.3, -0.25) is 14.9 Å². The molecule has 0 bridgehead atoms. The molecular weight excluding hydrogens is 302 g/mol. The third kappa shape index (κ3) is 4.43. The number of carbonyl (C=O) groups is 1. The van der Waals surface area contributed by atoms with E-state index in [1.807, 2.05) is 32.0 Å². The Hall–Kier alpha value is -2.61. The van der Waals surface area contributed by atoms with E-state index in [-0.39, 0.29) is 12.3 Å². The van der Waals surface area contributed by atoms with Gasteiger partial charge in [0.1, 0.15) is 16.4 Å². The zero-order valence-electron chi connectivity index (χ0n) is 13.3. The van der Waals surface area contributed by atoms with Crippen molar-refractivity contribution in [3.8, 4) is 0 Å². The van der Waals surface area contributed by atoms with E-state index in [0.29, 0.717) is 18.8 Å². The van der Waals surface area contributed by atoms with Gasteiger partial charge in [-0.15, -0.1) is 0 Å². The monoisotopic (exact) mass is 321 g/mol. The molecule has 2 rings (SSSR count). The van der Waals surface area contributed by atoms with Gasteiger partial charge >= 0.3 is 5.88 Å². The average molecular weight is 321 g/mol. The quantitative estimate of drug-likeness (QED) is 0.574. The molecule has 0 unspecified atom stereocenters. The molecule has 0 saturated heterocycles. The second-order valence-electron chi connectivity index (χ2n) is 5.44. The van der Waals surface area contributed by atoms with Crippen LogP contribution < -0.4 is 0 Å². The smallest absolute Gasteiger partial charge is 0.433 e. The highest BCUT2D eigenvalue weighted by Gasteiger charge is 2.23. The minimum Gasteiger partial charge on any atom is -0.464 e. The summed E-state index contributed by atoms with van der Waals surface area (Å²) in [4.78, 5) is 26.1. The predicted octanol–water partition coefficient (Wildman–Crippen LogP) is 2.29. The minimum atomic E-state index is -0.670. The lowest BCUT2D eigenvalue weighted by molar-refractivity contribution is -0.402. The zero-order valence-corrected chi connectivity index (χ0v) is 13.3. The largest absolute Gasteiger partial charge is 0.464 e. The predicted molar refractivity (Wildman–Crippen MR) is 82.1 cm³/mol. The first-order valence-corrected chi connectivity index (χ1v) is 7.10. The summed E-state index contributed by atoms with van der Waals surface area (Å²) in [5.74, 6) is 0.492. The van der Waals surface area contributed by atoms with Gasteiger partial charge in [0.15, 0.2) is 5.76 Å². The number of hydrogen-bond donors (Lipinski definition) is 0. The number of aryl methyl sites for hydroxylation is 1. The van der Waals surface area contributed by atoms with Crippen LogP contribution in [0.1, 0.15) is 22.1 Å². The third-order valence-electron chi connectivity index (χ3n) is 3.23. The summed E-state index contributed by atoms with van der Waals surface area (Å²) in [6, 6.07) is 6.11. The number of amides is 1. The van der Waals surface area contributed by atoms with E-state index in [2.05, 4.69) is 0 Å². The first kappa shape index (κ1) is 16.8. The van der Waals surface area contributed by atoms with Gasteiger partial charge in [0.05, 0.1) is 12.6 Å². The highest BCUT2D eigenvalue weighted by atomic mass is 16.6. The van der Waals surface area contributed by atoms with Crippen molar-refractivity contribution in [1.82, 2.24) is 9.80 Å². The van der Waals surface area contributed by atoms with Gasteiger partial charge in [-0.1, -0.05) is 0 Å². The Kier molecular flexibility index (Phi) is 5.17. The Morgan fingerprint density at radius 1 is 1.17 bits per heavy atom. The number of hydrogen-bond acceptors (Lipinski definition) is 6. The topological polar surface area (TPSA) is 93.0 Å². The summed E-state index contributed by atoms with van der Waals surface area (Å²) >= 11 is 0. The van der Waals surface area contributed by atoms with Crippen LogP contribution in [0.25, 0.3) is 0 Å². The lowest BCUT2D eigenvalue weighted by Gasteiger charge is -2.22. The molecule has 0 N–H and O–H groups in total. The molecule has 0 aliphatic rings. The standard InChI is InChI=1S/C15H19N3O5/c1-11-4-5-12(22-11)10-17(9-8-16(2)3)15(19)13-6-7-14(23-13)18(20)21/h4-7H,8-10H2,1-3H3. The van der Waals surface area contributed by atoms with Crippen LogP contribution in [-0.4, -0.2) is 47.8 Å². The fourth-order valence-corrected chi connectivity index (χ4v) is 2.03. The number of nitrogens with zero attached hydrogens (tertiary/aromatic N) is 3. The van der Waals surface area contributed by atoms with Crippen molar-refractivity contribution in [1.29, 1.82) is 0 Å². The molecule has 0 atom stereocenters. The van der Waals surface area contributed by atoms with Crippen LogP contribution in [0.4, 0.5) is 5.88 Å². The Morgan fingerprint density at radius 2 is 1.91 bits per heavy atom. The van der Waals surface area contributed by atoms with Crippen molar-refractivity contribution in [2.45, 2.75) is 13.5 Å². The molecule has 0 aromatic carbocycles. The molecule has 0 radical (unpaired) electrons. The normalized spacial score (nSPS) is 11.0. The number of nitro groups is 1. The summed E-state index contributed by atoms with van der Waals surface area (Å²) in [5.41, 5.74) is 0. The fourth-order valence-electron chi connectivity index (χ4n) is 2.03. The fraction of sp³-hybridized carbons (Fsp3) is 0.400. The number of carbonyl (C=O) groups excluding carboxylic acids is 1. The Morgan fingerprint density at radius 3 is 2.43 bits per heavy atom. The van der Waals surface area contributed by atoms with Crippen molar-refractivity contribution in [3.63, 3.8) is 0 Å². The molecule has 0 aliphatic heterocycles. The number of rotatable bonds is 7. The maximum Gasteiger partial charge on any atom is 0.433 e. The second kappa shape index (κ2) is 7.10. The van der Waals surface area contributed by atoms with E-state index in [4.69, 9.17) is 8.83 Å². The Labute approximate surface area is 133 Å². The Bertz CT molecular complexity index is 689. The number of likely N-dealkylation sites (N-methyl/N-ethyl adjacent to an activating group) is 1. The molecule has 2 aromatic heterocycles. The summed E-state index contributed by atoms with van der Waals surface area (Å²) in [7, 11) is 3.80. The molecule has 1 amide bonds. The molecule has 8 heteroatoms. The summed E-state index contributed by atoms with van der Waals surface area (Å²) in [5, 5.41) is 10.7. The lowest BCUT2D eigenvalue weighted by Crippen LogP contribution is -2.36. The highest BCUT2D eigenvalue weighted by molar-refractivity contribution is 5.91. The molecule has 124 valence electrons. The molecule has 2 heterocycles. The average Bonchev–Trinajstić information content (AvgIpc) is 3.11. The van der Waals surface area contributed by atoms with Gasteiger partial charge in [0.2, 0.25) is 0 Å². The molecule has 0 aliphatic carbocycles. The van der Waals surface area contributed by atoms with Gasteiger partial charge in [0, 0.05) is 13.1 Å². The van der Waals surface area contributed by atoms with E-state index in [9.17, 15) is 14.9 Å². The van der Waals surface area contributed by atoms with E-state index < -0.39 is 16.7 Å². The van der Waals surface area contributed by atoms with Crippen molar-refractivity contribution < 1.29 is 18.6 Å². The van der Waals surface area contributed by atoms with Gasteiger partial charge in [0.25, 0.3) is 5.91 Å². The SMILES string of the molecule is Cc1ccc(CN(CCN(C)C)C(=O)c2ccc([N+](=O)[O-])o2)o1. The molecule has 0 spiro atoms. The first-order chi connectivity index (χ1) is 10.9. The molecule has 8 nitrogen and oxygen atoms in total. The van der Waals surface area contributed by atoms with Crippen molar-refractivity contribution in [2.75, 3.05) is 27.2 Å². The first-order valence-electron chi connectivity index (χ1n) is 7.10. The van der Waals surface area contributed by atoms with Crippen LogP contribution in [-0.2, 0) is 6.54 Å². The highest BCUT2D eigenvalue weighted by Crippen LogP contribution is 2.19. The Balaban J connectivity index is 2.16. The molecule has 0 fully saturated rings. The van der Waals surface area contributed by atoms with Crippen LogP contribution in [0.5, 0.6) is 0 Å². The van der Waals surface area contributed by atoms with Crippen LogP contribution in [0.3, 0.4) is 0 Å². The van der Waals surface area contributed by atoms with Crippen LogP contribution in [0.2, 0.25) is 0 Å². The molecule has 0 saturated carbocycles. The van der Waals surface area contributed by atoms with Crippen LogP contribution in [0, 0.1) is 17.0 Å². The van der Waals surface area contributed by atoms with Crippen molar-refractivity contribution in [3.05, 3.63) is 51.7 Å². The van der Waals surface area contributed by atoms with Crippen LogP contribution in [0.15, 0.2) is 33.1 Å². The molecule has 2 aromatic rings. The van der Waals surface area contributed by atoms with Gasteiger partial charge in [-0.25, -0.2) is 0 Å². The van der Waals surface area contributed by atoms with Crippen molar-refractivity contribution >= 4 is 11.8 Å². The maximum atomic E-state index is 12.6.